The number of benzene rings is 1. The van der Waals surface area contributed by atoms with Gasteiger partial charge in [-0.25, -0.2) is 0 Å². The summed E-state index contributed by atoms with van der Waals surface area (Å²) >= 11 is 1.47. The molecule has 2 heterocycles. The molecule has 0 saturated carbocycles. The van der Waals surface area contributed by atoms with Crippen molar-refractivity contribution >= 4 is 40.9 Å². The van der Waals surface area contributed by atoms with Gasteiger partial charge in [0.15, 0.2) is 0 Å². The number of methoxy groups -OCH3 is 1. The molecule has 1 aliphatic heterocycles. The lowest BCUT2D eigenvalue weighted by atomic mass is 9.94. The van der Waals surface area contributed by atoms with Gasteiger partial charge in [-0.1, -0.05) is 18.2 Å². The Morgan fingerprint density at radius 1 is 1.16 bits per heavy atom. The van der Waals surface area contributed by atoms with Gasteiger partial charge in [0.05, 0.1) is 20.0 Å². The van der Waals surface area contributed by atoms with Gasteiger partial charge in [0.25, 0.3) is 0 Å². The van der Waals surface area contributed by atoms with Gasteiger partial charge in [0, 0.05) is 30.3 Å². The number of primary amides is 1. The van der Waals surface area contributed by atoms with E-state index in [0.717, 1.165) is 10.4 Å². The highest BCUT2D eigenvalue weighted by atomic mass is 32.1. The zero-order valence-electron chi connectivity index (χ0n) is 21.1. The molecule has 1 aliphatic rings. The van der Waals surface area contributed by atoms with E-state index in [4.69, 9.17) is 15.6 Å². The maximum absolute atomic E-state index is 13.4. The minimum atomic E-state index is -1.12. The van der Waals surface area contributed by atoms with E-state index in [1.54, 1.807) is 24.3 Å². The molecular weight excluding hydrogens is 512 g/mol. The van der Waals surface area contributed by atoms with Crippen LogP contribution in [0.1, 0.15) is 36.1 Å². The van der Waals surface area contributed by atoms with E-state index >= 15 is 0 Å². The van der Waals surface area contributed by atoms with Crippen LogP contribution in [0.2, 0.25) is 0 Å². The highest BCUT2D eigenvalue weighted by molar-refractivity contribution is 7.10. The summed E-state index contributed by atoms with van der Waals surface area (Å²) in [7, 11) is 1.53. The van der Waals surface area contributed by atoms with Gasteiger partial charge in [0.1, 0.15) is 17.8 Å². The molecule has 1 aromatic carbocycles. The molecule has 204 valence electrons. The maximum atomic E-state index is 13.4. The number of nitrogens with one attached hydrogen (secondary N) is 2. The van der Waals surface area contributed by atoms with Crippen molar-refractivity contribution in [2.45, 2.75) is 56.7 Å². The number of likely N-dealkylation sites (tertiary alicyclic amines) is 1. The van der Waals surface area contributed by atoms with E-state index in [0.29, 0.717) is 12.2 Å². The molecule has 1 saturated heterocycles. The van der Waals surface area contributed by atoms with Gasteiger partial charge in [-0.3, -0.25) is 24.0 Å². The van der Waals surface area contributed by atoms with Gasteiger partial charge in [-0.2, -0.15) is 0 Å². The molecule has 12 heteroatoms. The number of carbonyl (C=O) groups is 5. The van der Waals surface area contributed by atoms with Crippen molar-refractivity contribution in [3.05, 3.63) is 52.2 Å². The summed E-state index contributed by atoms with van der Waals surface area (Å²) in [5.74, 6) is -2.50. The van der Waals surface area contributed by atoms with Gasteiger partial charge >= 0.3 is 5.97 Å². The van der Waals surface area contributed by atoms with Crippen molar-refractivity contribution in [3.8, 4) is 5.75 Å². The van der Waals surface area contributed by atoms with E-state index in [1.807, 2.05) is 17.5 Å². The summed E-state index contributed by atoms with van der Waals surface area (Å²) in [5, 5.41) is 16.4. The number of carbonyl (C=O) groups excluding carboxylic acids is 4. The van der Waals surface area contributed by atoms with Gasteiger partial charge in [-0.15, -0.1) is 11.3 Å². The number of carboxylic acids is 1. The first kappa shape index (κ1) is 28.6. The molecule has 0 aliphatic carbocycles. The number of rotatable bonds is 12. The molecule has 0 bridgehead atoms. The van der Waals surface area contributed by atoms with Gasteiger partial charge < -0.3 is 31.1 Å². The zero-order valence-corrected chi connectivity index (χ0v) is 21.9. The SMILES string of the molecule is COc1ccc(CC(NC(=O)C2CC(NC(=O)Cc3cccs3)CCN2C(=O)CCC(=O)O)C(N)=O)cc1. The summed E-state index contributed by atoms with van der Waals surface area (Å²) in [6.07, 6.45) is 0.230. The molecule has 0 radical (unpaired) electrons. The highest BCUT2D eigenvalue weighted by Gasteiger charge is 2.38. The van der Waals surface area contributed by atoms with Crippen molar-refractivity contribution < 1.29 is 33.8 Å². The van der Waals surface area contributed by atoms with Crippen LogP contribution in [0, 0.1) is 0 Å². The summed E-state index contributed by atoms with van der Waals surface area (Å²) in [6, 6.07) is 8.24. The molecule has 2 aromatic rings. The summed E-state index contributed by atoms with van der Waals surface area (Å²) in [4.78, 5) is 64.1. The first-order valence-electron chi connectivity index (χ1n) is 12.2. The second kappa shape index (κ2) is 13.6. The minimum absolute atomic E-state index is 0.120. The maximum Gasteiger partial charge on any atom is 0.303 e. The summed E-state index contributed by atoms with van der Waals surface area (Å²) in [5.41, 5.74) is 6.31. The second-order valence-electron chi connectivity index (χ2n) is 9.06. The van der Waals surface area contributed by atoms with Crippen molar-refractivity contribution in [1.29, 1.82) is 0 Å². The lowest BCUT2D eigenvalue weighted by molar-refractivity contribution is -0.146. The molecule has 38 heavy (non-hydrogen) atoms. The van der Waals surface area contributed by atoms with E-state index in [9.17, 15) is 24.0 Å². The molecular formula is C26H32N4O7S. The summed E-state index contributed by atoms with van der Waals surface area (Å²) in [6.45, 7) is 0.153. The predicted molar refractivity (Wildman–Crippen MR) is 139 cm³/mol. The molecule has 3 atom stereocenters. The lowest BCUT2D eigenvalue weighted by Gasteiger charge is -2.39. The lowest BCUT2D eigenvalue weighted by Crippen LogP contribution is -2.59. The fourth-order valence-electron chi connectivity index (χ4n) is 4.34. The third kappa shape index (κ3) is 8.30. The Labute approximate surface area is 224 Å². The number of nitrogens with two attached hydrogens (primary N) is 1. The zero-order chi connectivity index (χ0) is 27.7. The Balaban J connectivity index is 1.71. The second-order valence-corrected chi connectivity index (χ2v) is 10.1. The predicted octanol–water partition coefficient (Wildman–Crippen LogP) is 0.853. The van der Waals surface area contributed by atoms with Crippen LogP contribution in [0.4, 0.5) is 0 Å². The fourth-order valence-corrected chi connectivity index (χ4v) is 5.04. The quantitative estimate of drug-likeness (QED) is 0.307. The average molecular weight is 545 g/mol. The van der Waals surface area contributed by atoms with Crippen LogP contribution in [-0.4, -0.2) is 71.4 Å². The van der Waals surface area contributed by atoms with Gasteiger partial charge in [-0.05, 0) is 42.0 Å². The number of hydrogen-bond donors (Lipinski definition) is 4. The molecule has 1 fully saturated rings. The van der Waals surface area contributed by atoms with Crippen LogP contribution in [0.25, 0.3) is 0 Å². The highest BCUT2D eigenvalue weighted by Crippen LogP contribution is 2.21. The molecule has 0 spiro atoms. The number of amides is 4. The van der Waals surface area contributed by atoms with Crippen LogP contribution >= 0.6 is 11.3 Å². The normalized spacial score (nSPS) is 17.8. The van der Waals surface area contributed by atoms with Crippen LogP contribution in [0.3, 0.4) is 0 Å². The third-order valence-electron chi connectivity index (χ3n) is 6.32. The number of ether oxygens (including phenoxy) is 1. The molecule has 11 nitrogen and oxygen atoms in total. The monoisotopic (exact) mass is 544 g/mol. The molecule has 4 amide bonds. The molecule has 5 N–H and O–H groups in total. The van der Waals surface area contributed by atoms with Crippen molar-refractivity contribution in [2.24, 2.45) is 5.73 Å². The Hall–Kier alpha value is -3.93. The van der Waals surface area contributed by atoms with E-state index < -0.39 is 35.8 Å². The van der Waals surface area contributed by atoms with Crippen LogP contribution in [0.15, 0.2) is 41.8 Å². The minimum Gasteiger partial charge on any atom is -0.497 e. The first-order valence-corrected chi connectivity index (χ1v) is 13.1. The number of thiophene rings is 1. The van der Waals surface area contributed by atoms with Crippen LogP contribution in [0.5, 0.6) is 5.75 Å². The van der Waals surface area contributed by atoms with Crippen LogP contribution < -0.4 is 21.1 Å². The Morgan fingerprint density at radius 3 is 2.50 bits per heavy atom. The number of aliphatic carboxylic acids is 1. The van der Waals surface area contributed by atoms with E-state index in [1.165, 1.54) is 23.3 Å². The number of nitrogens with zero attached hydrogens (tertiary/aromatic N) is 1. The average Bonchev–Trinajstić information content (AvgIpc) is 3.40. The molecule has 1 aromatic heterocycles. The fraction of sp³-hybridized carbons (Fsp3) is 0.423. The Bertz CT molecular complexity index is 1140. The largest absolute Gasteiger partial charge is 0.497 e. The molecule has 3 unspecified atom stereocenters. The van der Waals surface area contributed by atoms with E-state index in [2.05, 4.69) is 10.6 Å². The topological polar surface area (TPSA) is 168 Å². The van der Waals surface area contributed by atoms with Crippen molar-refractivity contribution in [2.75, 3.05) is 13.7 Å². The summed E-state index contributed by atoms with van der Waals surface area (Å²) < 4.78 is 5.14. The van der Waals surface area contributed by atoms with Crippen molar-refractivity contribution in [1.82, 2.24) is 15.5 Å². The standard InChI is InChI=1S/C26H32N4O7S/c1-37-18-6-4-16(5-7-18)13-20(25(27)35)29-26(36)21-14-17(28-22(31)15-19-3-2-12-38-19)10-11-30(21)23(32)8-9-24(33)34/h2-7,12,17,20-21H,8-11,13-15H2,1H3,(H2,27,35)(H,28,31)(H,29,36)(H,33,34). The van der Waals surface area contributed by atoms with E-state index in [-0.39, 0.29) is 50.6 Å². The Morgan fingerprint density at radius 2 is 1.89 bits per heavy atom. The number of hydrogen-bond acceptors (Lipinski definition) is 7. The molecule has 3 rings (SSSR count). The third-order valence-corrected chi connectivity index (χ3v) is 7.19. The van der Waals surface area contributed by atoms with Gasteiger partial charge in [0.2, 0.25) is 23.6 Å². The van der Waals surface area contributed by atoms with Crippen LogP contribution in [-0.2, 0) is 36.8 Å². The number of piperidine rings is 1. The number of carboxylic acid groups (broad SMARTS) is 1. The smallest absolute Gasteiger partial charge is 0.303 e. The Kier molecular flexibility index (Phi) is 10.2. The van der Waals surface area contributed by atoms with Crippen molar-refractivity contribution in [3.63, 3.8) is 0 Å². The first-order chi connectivity index (χ1) is 18.2.